The summed E-state index contributed by atoms with van der Waals surface area (Å²) in [4.78, 5) is 2.50. The van der Waals surface area contributed by atoms with Crippen molar-refractivity contribution in [2.75, 3.05) is 0 Å². The van der Waals surface area contributed by atoms with Crippen LogP contribution in [0, 0.1) is 0 Å². The smallest absolute Gasteiger partial charge is 0.378 e. The molecule has 6 heteroatoms. The van der Waals surface area contributed by atoms with E-state index in [4.69, 9.17) is 16.7 Å². The fraction of sp³-hybridized carbons (Fsp3) is 0.200. The molecule has 2 N–H and O–H groups in total. The molecule has 0 radical (unpaired) electrons. The van der Waals surface area contributed by atoms with Gasteiger partial charge in [0.2, 0.25) is 0 Å². The van der Waals surface area contributed by atoms with Gasteiger partial charge in [0.25, 0.3) is 0 Å². The number of fused-ring (bicyclic) bond motifs is 1. The van der Waals surface area contributed by atoms with Crippen molar-refractivity contribution in [1.29, 1.82) is 0 Å². The number of halogens is 4. The second-order valence-electron chi connectivity index (χ2n) is 3.40. The minimum atomic E-state index is -4.68. The molecule has 0 aliphatic rings. The Morgan fingerprint density at radius 1 is 1.25 bits per heavy atom. The highest BCUT2D eigenvalue weighted by molar-refractivity contribution is 6.31. The number of benzene rings is 1. The molecular formula is C10H7ClF3NO. The summed E-state index contributed by atoms with van der Waals surface area (Å²) >= 11 is 5.70. The first-order valence-corrected chi connectivity index (χ1v) is 4.78. The number of hydrogen-bond acceptors (Lipinski definition) is 1. The summed E-state index contributed by atoms with van der Waals surface area (Å²) in [5.41, 5.74) is 0.215. The summed E-state index contributed by atoms with van der Waals surface area (Å²) in [6.45, 7) is 0. The van der Waals surface area contributed by atoms with Crippen LogP contribution < -0.4 is 0 Å². The molecule has 0 spiro atoms. The zero-order valence-electron chi connectivity index (χ0n) is 7.85. The third-order valence-electron chi connectivity index (χ3n) is 2.21. The maximum Gasteiger partial charge on any atom is 0.420 e. The standard InChI is InChI=1S/C10H7ClF3NO/c11-6-1-2-7-5(3-6)4-8(15-7)9(16)10(12,13)14/h1-4,9,15-16H/t9-/m0/s1. The maximum atomic E-state index is 12.2. The minimum absolute atomic E-state index is 0.287. The van der Waals surface area contributed by atoms with Gasteiger partial charge in [-0.25, -0.2) is 0 Å². The monoisotopic (exact) mass is 249 g/mol. The topological polar surface area (TPSA) is 36.0 Å². The fourth-order valence-electron chi connectivity index (χ4n) is 1.45. The normalized spacial score (nSPS) is 14.3. The highest BCUT2D eigenvalue weighted by Gasteiger charge is 2.40. The molecule has 0 unspecified atom stereocenters. The average molecular weight is 250 g/mol. The van der Waals surface area contributed by atoms with Gasteiger partial charge in [-0.3, -0.25) is 0 Å². The molecule has 86 valence electrons. The van der Waals surface area contributed by atoms with Crippen LogP contribution in [0.15, 0.2) is 24.3 Å². The number of rotatable bonds is 1. The molecule has 16 heavy (non-hydrogen) atoms. The SMILES string of the molecule is O[C@@H](c1cc2cc(Cl)ccc2[nH]1)C(F)(F)F. The van der Waals surface area contributed by atoms with Crippen molar-refractivity contribution in [3.05, 3.63) is 35.0 Å². The Bertz CT molecular complexity index is 520. The van der Waals surface area contributed by atoms with Crippen LogP contribution in [0.3, 0.4) is 0 Å². The van der Waals surface area contributed by atoms with Gasteiger partial charge < -0.3 is 10.1 Å². The Morgan fingerprint density at radius 3 is 2.56 bits per heavy atom. The number of aromatic amines is 1. The van der Waals surface area contributed by atoms with Gasteiger partial charge in [-0.05, 0) is 24.3 Å². The third kappa shape index (κ3) is 2.01. The average Bonchev–Trinajstić information content (AvgIpc) is 2.57. The summed E-state index contributed by atoms with van der Waals surface area (Å²) in [6, 6.07) is 5.88. The molecule has 0 fully saturated rings. The molecule has 2 nitrogen and oxygen atoms in total. The Hall–Kier alpha value is -1.20. The highest BCUT2D eigenvalue weighted by Crippen LogP contribution is 2.33. The zero-order chi connectivity index (χ0) is 11.9. The molecule has 0 amide bonds. The van der Waals surface area contributed by atoms with E-state index in [2.05, 4.69) is 4.98 Å². The van der Waals surface area contributed by atoms with Crippen molar-refractivity contribution in [3.8, 4) is 0 Å². The van der Waals surface area contributed by atoms with E-state index in [9.17, 15) is 13.2 Å². The number of alkyl halides is 3. The van der Waals surface area contributed by atoms with Crippen LogP contribution in [0.1, 0.15) is 11.8 Å². The number of aliphatic hydroxyl groups excluding tert-OH is 1. The van der Waals surface area contributed by atoms with Crippen molar-refractivity contribution < 1.29 is 18.3 Å². The van der Waals surface area contributed by atoms with Gasteiger partial charge in [0.05, 0.1) is 5.69 Å². The van der Waals surface area contributed by atoms with E-state index >= 15 is 0 Å². The molecular weight excluding hydrogens is 243 g/mol. The number of aliphatic hydroxyl groups is 1. The molecule has 2 rings (SSSR count). The van der Waals surface area contributed by atoms with Gasteiger partial charge in [-0.2, -0.15) is 13.2 Å². The Kier molecular flexibility index (Phi) is 2.59. The van der Waals surface area contributed by atoms with E-state index in [0.717, 1.165) is 0 Å². The first-order chi connectivity index (χ1) is 7.38. The molecule has 1 aromatic heterocycles. The number of nitrogens with one attached hydrogen (secondary N) is 1. The first-order valence-electron chi connectivity index (χ1n) is 4.41. The van der Waals surface area contributed by atoms with Crippen molar-refractivity contribution in [2.45, 2.75) is 12.3 Å². The van der Waals surface area contributed by atoms with E-state index in [0.29, 0.717) is 15.9 Å². The van der Waals surface area contributed by atoms with Gasteiger partial charge in [0.1, 0.15) is 0 Å². The van der Waals surface area contributed by atoms with Crippen molar-refractivity contribution in [3.63, 3.8) is 0 Å². The van der Waals surface area contributed by atoms with Gasteiger partial charge in [-0.1, -0.05) is 11.6 Å². The lowest BCUT2D eigenvalue weighted by atomic mass is 10.2. The second-order valence-corrected chi connectivity index (χ2v) is 3.84. The first kappa shape index (κ1) is 11.3. The summed E-state index contributed by atoms with van der Waals surface area (Å²) in [7, 11) is 0. The fourth-order valence-corrected chi connectivity index (χ4v) is 1.63. The Balaban J connectivity index is 2.47. The van der Waals surface area contributed by atoms with Gasteiger partial charge in [0, 0.05) is 15.9 Å². The van der Waals surface area contributed by atoms with Crippen LogP contribution in [0.4, 0.5) is 13.2 Å². The van der Waals surface area contributed by atoms with Crippen LogP contribution in [0.5, 0.6) is 0 Å². The zero-order valence-corrected chi connectivity index (χ0v) is 8.60. The van der Waals surface area contributed by atoms with Crippen LogP contribution in [-0.4, -0.2) is 16.3 Å². The molecule has 0 bridgehead atoms. The van der Waals surface area contributed by atoms with E-state index in [1.807, 2.05) is 0 Å². The number of hydrogen-bond donors (Lipinski definition) is 2. The van der Waals surface area contributed by atoms with Crippen molar-refractivity contribution >= 4 is 22.5 Å². The third-order valence-corrected chi connectivity index (χ3v) is 2.44. The van der Waals surface area contributed by atoms with E-state index in [-0.39, 0.29) is 5.69 Å². The molecule has 1 atom stereocenters. The summed E-state index contributed by atoms with van der Waals surface area (Å²) in [5, 5.41) is 10.0. The summed E-state index contributed by atoms with van der Waals surface area (Å²) in [5.74, 6) is 0. The van der Waals surface area contributed by atoms with Crippen LogP contribution in [-0.2, 0) is 0 Å². The van der Waals surface area contributed by atoms with E-state index in [1.54, 1.807) is 12.1 Å². The van der Waals surface area contributed by atoms with Crippen molar-refractivity contribution in [2.24, 2.45) is 0 Å². The number of H-pyrrole nitrogens is 1. The van der Waals surface area contributed by atoms with E-state index < -0.39 is 12.3 Å². The predicted octanol–water partition coefficient (Wildman–Crippen LogP) is 3.42. The van der Waals surface area contributed by atoms with Crippen LogP contribution in [0.2, 0.25) is 5.02 Å². The minimum Gasteiger partial charge on any atom is -0.378 e. The molecule has 0 saturated heterocycles. The maximum absolute atomic E-state index is 12.2. The number of aromatic nitrogens is 1. The molecule has 2 aromatic rings. The largest absolute Gasteiger partial charge is 0.420 e. The lowest BCUT2D eigenvalue weighted by Crippen LogP contribution is -2.20. The van der Waals surface area contributed by atoms with Crippen LogP contribution in [0.25, 0.3) is 10.9 Å². The molecule has 0 aliphatic heterocycles. The molecule has 1 aromatic carbocycles. The lowest BCUT2D eigenvalue weighted by Gasteiger charge is -2.12. The molecule has 0 aliphatic carbocycles. The molecule has 0 saturated carbocycles. The Labute approximate surface area is 93.6 Å². The lowest BCUT2D eigenvalue weighted by molar-refractivity contribution is -0.207. The van der Waals surface area contributed by atoms with Gasteiger partial charge >= 0.3 is 6.18 Å². The van der Waals surface area contributed by atoms with E-state index in [1.165, 1.54) is 12.1 Å². The summed E-state index contributed by atoms with van der Waals surface area (Å²) < 4.78 is 36.7. The van der Waals surface area contributed by atoms with Gasteiger partial charge in [0.15, 0.2) is 6.10 Å². The van der Waals surface area contributed by atoms with Crippen molar-refractivity contribution in [1.82, 2.24) is 4.98 Å². The quantitative estimate of drug-likeness (QED) is 0.798. The highest BCUT2D eigenvalue weighted by atomic mass is 35.5. The van der Waals surface area contributed by atoms with Crippen LogP contribution >= 0.6 is 11.6 Å². The van der Waals surface area contributed by atoms with Gasteiger partial charge in [-0.15, -0.1) is 0 Å². The summed E-state index contributed by atoms with van der Waals surface area (Å²) in [6.07, 6.45) is -7.18. The second kappa shape index (κ2) is 3.68. The predicted molar refractivity (Wildman–Crippen MR) is 54.3 cm³/mol. The Morgan fingerprint density at radius 2 is 1.94 bits per heavy atom. The molecule has 1 heterocycles.